The molecule has 1 aromatic carbocycles. The van der Waals surface area contributed by atoms with E-state index in [-0.39, 0.29) is 16.5 Å². The van der Waals surface area contributed by atoms with Gasteiger partial charge in [-0.2, -0.15) is 5.10 Å². The first-order chi connectivity index (χ1) is 10.4. The molecule has 0 saturated carbocycles. The predicted octanol–water partition coefficient (Wildman–Crippen LogP) is 3.64. The first kappa shape index (κ1) is 15.1. The molecule has 0 bridgehead atoms. The first-order valence-electron chi connectivity index (χ1n) is 6.93. The van der Waals surface area contributed by atoms with E-state index < -0.39 is 0 Å². The van der Waals surface area contributed by atoms with Crippen LogP contribution in [0.3, 0.4) is 0 Å². The zero-order valence-corrected chi connectivity index (χ0v) is 13.5. The Morgan fingerprint density at radius 1 is 1.32 bits per heavy atom. The maximum Gasteiger partial charge on any atom is 0.189 e. The van der Waals surface area contributed by atoms with Crippen molar-refractivity contribution >= 4 is 34.0 Å². The maximum absolute atomic E-state index is 10.9. The molecule has 0 amide bonds. The molecule has 2 aliphatic heterocycles. The molecule has 22 heavy (non-hydrogen) atoms. The van der Waals surface area contributed by atoms with Crippen LogP contribution in [0, 0.1) is 5.21 Å². The first-order valence-corrected chi connectivity index (χ1v) is 7.81. The van der Waals surface area contributed by atoms with E-state index in [4.69, 9.17) is 10.2 Å². The average Bonchev–Trinajstić information content (AvgIpc) is 2.74. The standard InChI is InChI=1S/C15H17N4O2S/c1-10-8-15(2,3)16-14-18(17-10)13(9-22-14)11-4-6-12(7-5-11)19(20)21/h4-7,9,20H,8H2,1-3H3/q-1. The van der Waals surface area contributed by atoms with Gasteiger partial charge in [0.15, 0.2) is 5.17 Å². The van der Waals surface area contributed by atoms with Crippen LogP contribution < -0.4 is 5.23 Å². The molecule has 2 heterocycles. The van der Waals surface area contributed by atoms with Gasteiger partial charge in [-0.3, -0.25) is 10.2 Å². The largest absolute Gasteiger partial charge is 0.733 e. The summed E-state index contributed by atoms with van der Waals surface area (Å²) in [6.45, 7) is 6.20. The number of hydrogen-bond donors (Lipinski definition) is 1. The highest BCUT2D eigenvalue weighted by molar-refractivity contribution is 8.16. The van der Waals surface area contributed by atoms with Gasteiger partial charge in [0.25, 0.3) is 0 Å². The molecule has 1 aromatic rings. The van der Waals surface area contributed by atoms with Crippen molar-refractivity contribution in [3.8, 4) is 0 Å². The lowest BCUT2D eigenvalue weighted by atomic mass is 9.99. The van der Waals surface area contributed by atoms with Gasteiger partial charge < -0.3 is 10.4 Å². The van der Waals surface area contributed by atoms with Gasteiger partial charge in [0.05, 0.1) is 16.9 Å². The molecule has 0 aliphatic carbocycles. The third-order valence-electron chi connectivity index (χ3n) is 3.43. The number of amidine groups is 1. The molecule has 0 atom stereocenters. The second-order valence-electron chi connectivity index (χ2n) is 5.97. The third kappa shape index (κ3) is 2.87. The van der Waals surface area contributed by atoms with E-state index in [1.54, 1.807) is 36.0 Å². The molecule has 0 fully saturated rings. The fourth-order valence-electron chi connectivity index (χ4n) is 2.56. The van der Waals surface area contributed by atoms with E-state index in [1.165, 1.54) is 0 Å². The molecule has 3 rings (SSSR count). The summed E-state index contributed by atoms with van der Waals surface area (Å²) >= 11 is 1.54. The van der Waals surface area contributed by atoms with Gasteiger partial charge in [-0.15, -0.1) is 0 Å². The Kier molecular flexibility index (Phi) is 3.72. The number of benzene rings is 1. The van der Waals surface area contributed by atoms with E-state index in [0.717, 1.165) is 28.6 Å². The molecule has 2 aliphatic rings. The highest BCUT2D eigenvalue weighted by Crippen LogP contribution is 2.37. The van der Waals surface area contributed by atoms with Crippen LogP contribution in [-0.2, 0) is 0 Å². The second kappa shape index (κ2) is 5.42. The minimum atomic E-state index is -0.169. The number of rotatable bonds is 2. The van der Waals surface area contributed by atoms with Crippen LogP contribution in [0.15, 0.2) is 39.8 Å². The molecule has 6 nitrogen and oxygen atoms in total. The third-order valence-corrected chi connectivity index (χ3v) is 4.24. The molecule has 1 N–H and O–H groups in total. The van der Waals surface area contributed by atoms with Gasteiger partial charge in [-0.25, -0.2) is 5.01 Å². The highest BCUT2D eigenvalue weighted by Gasteiger charge is 2.31. The smallest absolute Gasteiger partial charge is 0.189 e. The van der Waals surface area contributed by atoms with E-state index in [1.807, 2.05) is 17.3 Å². The number of hydrazone groups is 1. The van der Waals surface area contributed by atoms with Crippen molar-refractivity contribution in [3.05, 3.63) is 40.4 Å². The molecule has 116 valence electrons. The number of anilines is 1. The van der Waals surface area contributed by atoms with Gasteiger partial charge in [-0.1, -0.05) is 23.9 Å². The summed E-state index contributed by atoms with van der Waals surface area (Å²) in [7, 11) is 0. The summed E-state index contributed by atoms with van der Waals surface area (Å²) in [4.78, 5) is 4.78. The second-order valence-corrected chi connectivity index (χ2v) is 6.81. The predicted molar refractivity (Wildman–Crippen MR) is 90.7 cm³/mol. The van der Waals surface area contributed by atoms with Gasteiger partial charge in [-0.05, 0) is 32.9 Å². The van der Waals surface area contributed by atoms with Crippen molar-refractivity contribution in [1.29, 1.82) is 0 Å². The Labute approximate surface area is 133 Å². The fraction of sp³-hybridized carbons (Fsp3) is 0.333. The zero-order valence-electron chi connectivity index (χ0n) is 12.6. The van der Waals surface area contributed by atoms with Gasteiger partial charge in [0.1, 0.15) is 0 Å². The Morgan fingerprint density at radius 2 is 2.00 bits per heavy atom. The summed E-state index contributed by atoms with van der Waals surface area (Å²) < 4.78 is 0. The highest BCUT2D eigenvalue weighted by atomic mass is 32.2. The van der Waals surface area contributed by atoms with Crippen LogP contribution in [-0.4, -0.2) is 26.6 Å². The van der Waals surface area contributed by atoms with Gasteiger partial charge in [0.2, 0.25) is 0 Å². The molecule has 0 unspecified atom stereocenters. The average molecular weight is 317 g/mol. The van der Waals surface area contributed by atoms with E-state index in [0.29, 0.717) is 0 Å². The molecule has 0 saturated heterocycles. The number of fused-ring (bicyclic) bond motifs is 1. The number of aliphatic imine (C=N–C) groups is 1. The summed E-state index contributed by atoms with van der Waals surface area (Å²) in [6.07, 6.45) is 0.815. The molecule has 7 heteroatoms. The molecular weight excluding hydrogens is 300 g/mol. The van der Waals surface area contributed by atoms with Crippen molar-refractivity contribution in [2.45, 2.75) is 32.7 Å². The summed E-state index contributed by atoms with van der Waals surface area (Å²) in [5, 5.41) is 29.0. The Bertz CT molecular complexity index is 677. The maximum atomic E-state index is 10.9. The van der Waals surface area contributed by atoms with E-state index >= 15 is 0 Å². The Balaban J connectivity index is 1.95. The van der Waals surface area contributed by atoms with Crippen LogP contribution in [0.25, 0.3) is 5.70 Å². The summed E-state index contributed by atoms with van der Waals surface area (Å²) in [5.41, 5.74) is 2.88. The minimum absolute atomic E-state index is 0.148. The normalized spacial score (nSPS) is 19.9. The molecule has 0 spiro atoms. The number of thioether (sulfide) groups is 1. The Hall–Kier alpha value is -1.83. The van der Waals surface area contributed by atoms with Crippen molar-refractivity contribution in [2.24, 2.45) is 10.1 Å². The monoisotopic (exact) mass is 317 g/mol. The van der Waals surface area contributed by atoms with Crippen LogP contribution in [0.5, 0.6) is 0 Å². The molecule has 0 radical (unpaired) electrons. The van der Waals surface area contributed by atoms with E-state index in [2.05, 4.69) is 18.9 Å². The number of nitrogens with zero attached hydrogens (tertiary/aromatic N) is 4. The van der Waals surface area contributed by atoms with Crippen LogP contribution >= 0.6 is 11.8 Å². The molecular formula is C15H17N4O2S-. The van der Waals surface area contributed by atoms with Crippen LogP contribution in [0.1, 0.15) is 32.8 Å². The lowest BCUT2D eigenvalue weighted by Crippen LogP contribution is -2.21. The van der Waals surface area contributed by atoms with Crippen LogP contribution in [0.2, 0.25) is 0 Å². The van der Waals surface area contributed by atoms with E-state index in [9.17, 15) is 5.21 Å². The van der Waals surface area contributed by atoms with Gasteiger partial charge >= 0.3 is 0 Å². The SMILES string of the molecule is CC1=NN2C(c3ccc(N([O-])O)cc3)=CSC2=NC(C)(C)C1. The lowest BCUT2D eigenvalue weighted by molar-refractivity contribution is 0.296. The quantitative estimate of drug-likeness (QED) is 0.843. The van der Waals surface area contributed by atoms with Crippen molar-refractivity contribution < 1.29 is 5.21 Å². The van der Waals surface area contributed by atoms with Gasteiger partial charge in [0, 0.05) is 23.1 Å². The topological polar surface area (TPSA) is 74.5 Å². The van der Waals surface area contributed by atoms with Crippen molar-refractivity contribution in [2.75, 3.05) is 5.23 Å². The van der Waals surface area contributed by atoms with Crippen molar-refractivity contribution in [3.63, 3.8) is 0 Å². The number of hydrogen-bond acceptors (Lipinski definition) is 7. The zero-order chi connectivity index (χ0) is 15.9. The summed E-state index contributed by atoms with van der Waals surface area (Å²) in [6, 6.07) is 6.71. The fourth-order valence-corrected chi connectivity index (χ4v) is 3.55. The van der Waals surface area contributed by atoms with Crippen molar-refractivity contribution in [1.82, 2.24) is 5.01 Å². The summed E-state index contributed by atoms with van der Waals surface area (Å²) in [5.74, 6) is 0. The van der Waals surface area contributed by atoms with Crippen LogP contribution in [0.4, 0.5) is 5.69 Å². The minimum Gasteiger partial charge on any atom is -0.733 e. The lowest BCUT2D eigenvalue weighted by Gasteiger charge is -2.22. The Morgan fingerprint density at radius 3 is 2.64 bits per heavy atom. The molecule has 0 aromatic heterocycles.